The standard InChI is InChI=1S/C22H34N2O4/c1-6-19(25)17-13-10-14-24(17)20(26)18(15-16-11-8-7-9-12-16)23(5)21(27)28-22(2,3)4/h7-9,11-12,17-19,25H,6,10,13-15H2,1-5H3/t17?,18-,19?/m0/s1. The quantitative estimate of drug-likeness (QED) is 0.810. The Morgan fingerprint density at radius 2 is 1.93 bits per heavy atom. The number of likely N-dealkylation sites (tertiary alicyclic amines) is 1. The van der Waals surface area contributed by atoms with Crippen LogP contribution in [0.3, 0.4) is 0 Å². The monoisotopic (exact) mass is 390 g/mol. The Morgan fingerprint density at radius 1 is 1.29 bits per heavy atom. The molecule has 28 heavy (non-hydrogen) atoms. The molecule has 1 aromatic carbocycles. The number of likely N-dealkylation sites (N-methyl/N-ethyl adjacent to an activating group) is 1. The molecule has 2 amide bonds. The van der Waals surface area contributed by atoms with Crippen molar-refractivity contribution in [2.45, 2.75) is 77.2 Å². The molecule has 0 radical (unpaired) electrons. The van der Waals surface area contributed by atoms with Gasteiger partial charge in [0.1, 0.15) is 11.6 Å². The molecular weight excluding hydrogens is 356 g/mol. The van der Waals surface area contributed by atoms with Gasteiger partial charge in [0.25, 0.3) is 0 Å². The summed E-state index contributed by atoms with van der Waals surface area (Å²) in [5, 5.41) is 10.4. The summed E-state index contributed by atoms with van der Waals surface area (Å²) in [7, 11) is 1.61. The number of amides is 2. The highest BCUT2D eigenvalue weighted by Gasteiger charge is 2.39. The van der Waals surface area contributed by atoms with Gasteiger partial charge in [-0.25, -0.2) is 4.79 Å². The highest BCUT2D eigenvalue weighted by molar-refractivity contribution is 5.86. The summed E-state index contributed by atoms with van der Waals surface area (Å²) in [6, 6.07) is 8.79. The van der Waals surface area contributed by atoms with E-state index in [-0.39, 0.29) is 11.9 Å². The summed E-state index contributed by atoms with van der Waals surface area (Å²) in [4.78, 5) is 29.3. The molecule has 3 atom stereocenters. The average molecular weight is 391 g/mol. The molecule has 0 spiro atoms. The lowest BCUT2D eigenvalue weighted by Crippen LogP contribution is -2.54. The van der Waals surface area contributed by atoms with E-state index in [0.717, 1.165) is 18.4 Å². The second-order valence-electron chi connectivity index (χ2n) is 8.51. The van der Waals surface area contributed by atoms with Crippen LogP contribution in [0, 0.1) is 0 Å². The Balaban J connectivity index is 2.26. The third-order valence-corrected chi connectivity index (χ3v) is 5.15. The number of rotatable bonds is 6. The molecule has 1 aliphatic heterocycles. The minimum Gasteiger partial charge on any atom is -0.444 e. The van der Waals surface area contributed by atoms with Crippen molar-refractivity contribution in [1.82, 2.24) is 9.80 Å². The summed E-state index contributed by atoms with van der Waals surface area (Å²) in [6.45, 7) is 7.94. The Morgan fingerprint density at radius 3 is 2.50 bits per heavy atom. The molecule has 0 saturated carbocycles. The van der Waals surface area contributed by atoms with Crippen LogP contribution in [0.5, 0.6) is 0 Å². The molecule has 0 aromatic heterocycles. The van der Waals surface area contributed by atoms with Crippen molar-refractivity contribution in [3.8, 4) is 0 Å². The van der Waals surface area contributed by atoms with Gasteiger partial charge in [-0.15, -0.1) is 0 Å². The van der Waals surface area contributed by atoms with Crippen molar-refractivity contribution >= 4 is 12.0 Å². The maximum atomic E-state index is 13.5. The summed E-state index contributed by atoms with van der Waals surface area (Å²) >= 11 is 0. The van der Waals surface area contributed by atoms with E-state index in [1.165, 1.54) is 4.90 Å². The normalized spacial score (nSPS) is 19.2. The minimum absolute atomic E-state index is 0.132. The molecule has 1 heterocycles. The lowest BCUT2D eigenvalue weighted by Gasteiger charge is -2.35. The van der Waals surface area contributed by atoms with Crippen LogP contribution in [0.1, 0.15) is 52.5 Å². The Labute approximate surface area is 168 Å². The second-order valence-corrected chi connectivity index (χ2v) is 8.51. The van der Waals surface area contributed by atoms with Crippen LogP contribution in [0.15, 0.2) is 30.3 Å². The van der Waals surface area contributed by atoms with Crippen LogP contribution in [0.2, 0.25) is 0 Å². The molecule has 1 fully saturated rings. The van der Waals surface area contributed by atoms with Gasteiger partial charge in [-0.05, 0) is 45.6 Å². The topological polar surface area (TPSA) is 70.1 Å². The van der Waals surface area contributed by atoms with Crippen molar-refractivity contribution in [2.24, 2.45) is 0 Å². The summed E-state index contributed by atoms with van der Waals surface area (Å²) in [6.07, 6.45) is 1.58. The zero-order chi connectivity index (χ0) is 20.9. The predicted octanol–water partition coefficient (Wildman–Crippen LogP) is 3.23. The summed E-state index contributed by atoms with van der Waals surface area (Å²) < 4.78 is 5.49. The molecule has 156 valence electrons. The number of benzene rings is 1. The maximum absolute atomic E-state index is 13.5. The number of nitrogens with zero attached hydrogens (tertiary/aromatic N) is 2. The van der Waals surface area contributed by atoms with Gasteiger partial charge >= 0.3 is 6.09 Å². The van der Waals surface area contributed by atoms with Gasteiger partial charge < -0.3 is 14.7 Å². The first-order chi connectivity index (χ1) is 13.1. The number of carbonyl (C=O) groups excluding carboxylic acids is 2. The fourth-order valence-corrected chi connectivity index (χ4v) is 3.62. The molecule has 0 bridgehead atoms. The molecular formula is C22H34N2O4. The highest BCUT2D eigenvalue weighted by atomic mass is 16.6. The number of ether oxygens (including phenoxy) is 1. The van der Waals surface area contributed by atoms with E-state index in [2.05, 4.69) is 0 Å². The zero-order valence-corrected chi connectivity index (χ0v) is 17.7. The number of aliphatic hydroxyl groups is 1. The van der Waals surface area contributed by atoms with E-state index in [4.69, 9.17) is 4.74 Å². The Kier molecular flexibility index (Phi) is 7.47. The first kappa shape index (κ1) is 22.2. The molecule has 1 N–H and O–H groups in total. The van der Waals surface area contributed by atoms with Gasteiger partial charge in [-0.1, -0.05) is 37.3 Å². The van der Waals surface area contributed by atoms with Crippen molar-refractivity contribution in [3.63, 3.8) is 0 Å². The minimum atomic E-state index is -0.679. The van der Waals surface area contributed by atoms with Gasteiger partial charge in [0.2, 0.25) is 5.91 Å². The zero-order valence-electron chi connectivity index (χ0n) is 17.7. The van der Waals surface area contributed by atoms with Crippen molar-refractivity contribution < 1.29 is 19.4 Å². The van der Waals surface area contributed by atoms with Crippen molar-refractivity contribution in [3.05, 3.63) is 35.9 Å². The molecule has 2 unspecified atom stereocenters. The van der Waals surface area contributed by atoms with E-state index in [9.17, 15) is 14.7 Å². The van der Waals surface area contributed by atoms with E-state index >= 15 is 0 Å². The fourth-order valence-electron chi connectivity index (χ4n) is 3.62. The molecule has 0 aliphatic carbocycles. The fraction of sp³-hybridized carbons (Fsp3) is 0.636. The Bertz CT molecular complexity index is 656. The van der Waals surface area contributed by atoms with Crippen LogP contribution in [0.25, 0.3) is 0 Å². The molecule has 1 aromatic rings. The Hall–Kier alpha value is -2.08. The van der Waals surface area contributed by atoms with Gasteiger partial charge in [-0.2, -0.15) is 0 Å². The van der Waals surface area contributed by atoms with Gasteiger partial charge in [0, 0.05) is 20.0 Å². The molecule has 2 rings (SSSR count). The van der Waals surface area contributed by atoms with Gasteiger partial charge in [0.15, 0.2) is 0 Å². The maximum Gasteiger partial charge on any atom is 0.410 e. The van der Waals surface area contributed by atoms with Gasteiger partial charge in [-0.3, -0.25) is 9.69 Å². The SMILES string of the molecule is CCC(O)C1CCCN1C(=O)[C@H](Cc1ccccc1)N(C)C(=O)OC(C)(C)C. The number of hydrogen-bond acceptors (Lipinski definition) is 4. The lowest BCUT2D eigenvalue weighted by atomic mass is 10.0. The first-order valence-corrected chi connectivity index (χ1v) is 10.1. The van der Waals surface area contributed by atoms with Crippen molar-refractivity contribution in [2.75, 3.05) is 13.6 Å². The number of carbonyl (C=O) groups is 2. The largest absolute Gasteiger partial charge is 0.444 e. The van der Waals surface area contributed by atoms with Crippen LogP contribution in [-0.4, -0.2) is 64.3 Å². The summed E-state index contributed by atoms with van der Waals surface area (Å²) in [5.74, 6) is -0.132. The average Bonchev–Trinajstić information content (AvgIpc) is 3.13. The molecule has 6 nitrogen and oxygen atoms in total. The number of aliphatic hydroxyl groups excluding tert-OH is 1. The van der Waals surface area contributed by atoms with Crippen LogP contribution < -0.4 is 0 Å². The van der Waals surface area contributed by atoms with E-state index in [1.54, 1.807) is 32.7 Å². The number of hydrogen-bond donors (Lipinski definition) is 1. The van der Waals surface area contributed by atoms with E-state index in [0.29, 0.717) is 19.4 Å². The third kappa shape index (κ3) is 5.71. The van der Waals surface area contributed by atoms with Crippen LogP contribution in [-0.2, 0) is 16.0 Å². The predicted molar refractivity (Wildman–Crippen MR) is 109 cm³/mol. The summed E-state index contributed by atoms with van der Waals surface area (Å²) in [5.41, 5.74) is 0.336. The third-order valence-electron chi connectivity index (χ3n) is 5.15. The highest BCUT2D eigenvalue weighted by Crippen LogP contribution is 2.25. The molecule has 6 heteroatoms. The van der Waals surface area contributed by atoms with Crippen LogP contribution >= 0.6 is 0 Å². The molecule has 1 saturated heterocycles. The first-order valence-electron chi connectivity index (χ1n) is 10.1. The van der Waals surface area contributed by atoms with Crippen LogP contribution in [0.4, 0.5) is 4.79 Å². The lowest BCUT2D eigenvalue weighted by molar-refractivity contribution is -0.139. The van der Waals surface area contributed by atoms with E-state index < -0.39 is 23.8 Å². The van der Waals surface area contributed by atoms with E-state index in [1.807, 2.05) is 37.3 Å². The van der Waals surface area contributed by atoms with Crippen molar-refractivity contribution in [1.29, 1.82) is 0 Å². The molecule has 1 aliphatic rings. The second kappa shape index (κ2) is 9.41. The van der Waals surface area contributed by atoms with Gasteiger partial charge in [0.05, 0.1) is 12.1 Å². The smallest absolute Gasteiger partial charge is 0.410 e.